The van der Waals surface area contributed by atoms with Crippen molar-refractivity contribution in [1.82, 2.24) is 9.97 Å². The zero-order chi connectivity index (χ0) is 19.7. The van der Waals surface area contributed by atoms with Gasteiger partial charge in [-0.3, -0.25) is 0 Å². The Kier molecular flexibility index (Phi) is 7.04. The van der Waals surface area contributed by atoms with Gasteiger partial charge in [0.25, 0.3) is 0 Å². The van der Waals surface area contributed by atoms with Crippen LogP contribution in [0.15, 0.2) is 36.7 Å². The fraction of sp³-hybridized carbons (Fsp3) is 0.500. The van der Waals surface area contributed by atoms with Crippen LogP contribution in [-0.4, -0.2) is 56.3 Å². The molecule has 0 aliphatic carbocycles. The van der Waals surface area contributed by atoms with E-state index in [0.29, 0.717) is 23.3 Å². The number of pyridine rings is 2. The lowest BCUT2D eigenvalue weighted by Crippen LogP contribution is -2.26. The summed E-state index contributed by atoms with van der Waals surface area (Å²) in [5, 5.41) is 0. The van der Waals surface area contributed by atoms with Crippen molar-refractivity contribution in [3.05, 3.63) is 36.7 Å². The predicted molar refractivity (Wildman–Crippen MR) is 106 cm³/mol. The van der Waals surface area contributed by atoms with Gasteiger partial charge in [-0.05, 0) is 12.1 Å². The van der Waals surface area contributed by atoms with E-state index in [-0.39, 0.29) is 19.9 Å². The van der Waals surface area contributed by atoms with Crippen LogP contribution in [0.5, 0.6) is 23.3 Å². The van der Waals surface area contributed by atoms with Gasteiger partial charge in [0.05, 0.1) is 38.8 Å². The molecular weight excluding hydrogens is 375 g/mol. The third kappa shape index (κ3) is 6.23. The Morgan fingerprint density at radius 3 is 1.52 bits per heavy atom. The molecule has 9 heteroatoms. The molecule has 0 atom stereocenters. The van der Waals surface area contributed by atoms with E-state index in [1.54, 1.807) is 24.5 Å². The highest BCUT2D eigenvalue weighted by molar-refractivity contribution is 6.20. The minimum atomic E-state index is 0.0592. The van der Waals surface area contributed by atoms with E-state index in [9.17, 15) is 0 Å². The number of hydrogen-bond donors (Lipinski definition) is 0. The van der Waals surface area contributed by atoms with Crippen molar-refractivity contribution < 1.29 is 28.3 Å². The van der Waals surface area contributed by atoms with Crippen molar-refractivity contribution in [2.45, 2.75) is 37.9 Å². The highest BCUT2D eigenvalue weighted by atomic mass is 16.6. The highest BCUT2D eigenvalue weighted by Crippen LogP contribution is 2.20. The van der Waals surface area contributed by atoms with Crippen molar-refractivity contribution in [2.75, 3.05) is 26.4 Å². The van der Waals surface area contributed by atoms with E-state index >= 15 is 0 Å². The summed E-state index contributed by atoms with van der Waals surface area (Å²) in [5.41, 5.74) is 0. The number of ether oxygens (including phenoxy) is 4. The maximum atomic E-state index is 5.84. The van der Waals surface area contributed by atoms with Crippen LogP contribution in [0.4, 0.5) is 0 Å². The van der Waals surface area contributed by atoms with Crippen molar-refractivity contribution in [1.29, 1.82) is 0 Å². The second kappa shape index (κ2) is 10.3. The Bertz CT molecular complexity index is 670. The third-order valence-corrected chi connectivity index (χ3v) is 4.78. The smallest absolute Gasteiger partial charge is 0.527 e. The molecule has 0 aromatic carbocycles. The summed E-state index contributed by atoms with van der Waals surface area (Å²) in [6.45, 7) is 2.95. The molecule has 0 unspecified atom stereocenters. The molecule has 0 bridgehead atoms. The zero-order valence-electron chi connectivity index (χ0n) is 16.3. The van der Waals surface area contributed by atoms with E-state index in [0.717, 1.165) is 52.1 Å². The lowest BCUT2D eigenvalue weighted by molar-refractivity contribution is 0.0235. The predicted octanol–water partition coefficient (Wildman–Crippen LogP) is 2.32. The van der Waals surface area contributed by atoms with Crippen LogP contribution >= 0.6 is 0 Å². The molecule has 4 heterocycles. The van der Waals surface area contributed by atoms with Crippen LogP contribution < -0.4 is 18.8 Å². The molecule has 4 rings (SSSR count). The molecule has 0 spiro atoms. The number of nitrogens with zero attached hydrogens (tertiary/aromatic N) is 2. The standard InChI is InChI=1S/C20H25BN2O6/c1-3-19(26-15-5-9-24-10-6-15)22-13-17(1)28-21-29-18-2-4-20(23-14-18)27-16-7-11-25-12-8-16/h1-4,13-16,21H,5-12H2. The molecule has 2 aromatic rings. The molecular formula is C20H25BN2O6. The molecule has 0 saturated carbocycles. The van der Waals surface area contributed by atoms with E-state index in [2.05, 4.69) is 9.97 Å². The fourth-order valence-electron chi connectivity index (χ4n) is 3.14. The SMILES string of the molecule is B(Oc1ccc(OC2CCOCC2)nc1)Oc1ccc(OC2CCOCC2)nc1. The molecule has 2 aliphatic heterocycles. The number of rotatable bonds is 8. The van der Waals surface area contributed by atoms with Gasteiger partial charge in [0.15, 0.2) is 0 Å². The molecule has 8 nitrogen and oxygen atoms in total. The maximum absolute atomic E-state index is 5.84. The molecule has 0 radical (unpaired) electrons. The van der Waals surface area contributed by atoms with Crippen LogP contribution in [0.25, 0.3) is 0 Å². The summed E-state index contributed by atoms with van der Waals surface area (Å²) in [7, 11) is 0.0592. The molecule has 0 amide bonds. The molecule has 2 aliphatic rings. The van der Waals surface area contributed by atoms with Crippen molar-refractivity contribution in [3.8, 4) is 23.3 Å². The first kappa shape index (κ1) is 19.8. The van der Waals surface area contributed by atoms with Crippen LogP contribution in [0, 0.1) is 0 Å². The van der Waals surface area contributed by atoms with Gasteiger partial charge in [0, 0.05) is 37.8 Å². The minimum absolute atomic E-state index is 0.0592. The largest absolute Gasteiger partial charge is 0.576 e. The summed E-state index contributed by atoms with van der Waals surface area (Å²) in [4.78, 5) is 8.57. The molecule has 2 fully saturated rings. The Hall–Kier alpha value is -2.52. The van der Waals surface area contributed by atoms with Gasteiger partial charge in [0.2, 0.25) is 11.8 Å². The van der Waals surface area contributed by atoms with E-state index in [4.69, 9.17) is 28.3 Å². The van der Waals surface area contributed by atoms with Gasteiger partial charge in [-0.25, -0.2) is 9.97 Å². The summed E-state index contributed by atoms with van der Waals surface area (Å²) in [6, 6.07) is 7.23. The van der Waals surface area contributed by atoms with Gasteiger partial charge in [-0.15, -0.1) is 0 Å². The second-order valence-electron chi connectivity index (χ2n) is 6.93. The number of hydrogen-bond acceptors (Lipinski definition) is 8. The molecule has 0 N–H and O–H groups in total. The molecule has 29 heavy (non-hydrogen) atoms. The van der Waals surface area contributed by atoms with Crippen LogP contribution in [0.1, 0.15) is 25.7 Å². The van der Waals surface area contributed by atoms with E-state index in [1.165, 1.54) is 0 Å². The monoisotopic (exact) mass is 400 g/mol. The average molecular weight is 400 g/mol. The quantitative estimate of drug-likeness (QED) is 0.625. The normalized spacial score (nSPS) is 18.1. The van der Waals surface area contributed by atoms with E-state index < -0.39 is 0 Å². The summed E-state index contributed by atoms with van der Waals surface area (Å²) in [5.74, 6) is 2.40. The maximum Gasteiger partial charge on any atom is 0.576 e. The summed E-state index contributed by atoms with van der Waals surface area (Å²) < 4.78 is 33.5. The van der Waals surface area contributed by atoms with Gasteiger partial charge in [-0.1, -0.05) is 0 Å². The molecule has 2 saturated heterocycles. The Morgan fingerprint density at radius 2 is 1.14 bits per heavy atom. The van der Waals surface area contributed by atoms with Crippen LogP contribution in [-0.2, 0) is 9.47 Å². The third-order valence-electron chi connectivity index (χ3n) is 4.78. The van der Waals surface area contributed by atoms with Gasteiger partial charge < -0.3 is 28.3 Å². The second-order valence-corrected chi connectivity index (χ2v) is 6.93. The minimum Gasteiger partial charge on any atom is -0.527 e. The summed E-state index contributed by atoms with van der Waals surface area (Å²) >= 11 is 0. The Balaban J connectivity index is 1.18. The first-order valence-corrected chi connectivity index (χ1v) is 10.0. The Morgan fingerprint density at radius 1 is 0.690 bits per heavy atom. The van der Waals surface area contributed by atoms with Gasteiger partial charge in [0.1, 0.15) is 23.7 Å². The van der Waals surface area contributed by atoms with Gasteiger partial charge in [-0.2, -0.15) is 0 Å². The van der Waals surface area contributed by atoms with Crippen LogP contribution in [0.2, 0.25) is 0 Å². The fourth-order valence-corrected chi connectivity index (χ4v) is 3.14. The van der Waals surface area contributed by atoms with E-state index in [1.807, 2.05) is 12.1 Å². The lowest BCUT2D eigenvalue weighted by Gasteiger charge is -2.22. The Labute approximate surface area is 170 Å². The highest BCUT2D eigenvalue weighted by Gasteiger charge is 2.16. The molecule has 2 aromatic heterocycles. The number of aromatic nitrogens is 2. The first-order chi connectivity index (χ1) is 14.3. The first-order valence-electron chi connectivity index (χ1n) is 10.0. The average Bonchev–Trinajstić information content (AvgIpc) is 2.78. The topological polar surface area (TPSA) is 81.2 Å². The van der Waals surface area contributed by atoms with Crippen molar-refractivity contribution >= 4 is 7.69 Å². The van der Waals surface area contributed by atoms with Gasteiger partial charge >= 0.3 is 7.69 Å². The van der Waals surface area contributed by atoms with Crippen molar-refractivity contribution in [2.24, 2.45) is 0 Å². The molecule has 154 valence electrons. The van der Waals surface area contributed by atoms with Crippen LogP contribution in [0.3, 0.4) is 0 Å². The summed E-state index contributed by atoms with van der Waals surface area (Å²) in [6.07, 6.45) is 7.14. The lowest BCUT2D eigenvalue weighted by atomic mass is 10.1. The van der Waals surface area contributed by atoms with Crippen molar-refractivity contribution in [3.63, 3.8) is 0 Å². The zero-order valence-corrected chi connectivity index (χ0v) is 16.3.